The predicted molar refractivity (Wildman–Crippen MR) is 126 cm³/mol. The lowest BCUT2D eigenvalue weighted by Crippen LogP contribution is -2.55. The molecule has 2 saturated carbocycles. The number of benzene rings is 1. The summed E-state index contributed by atoms with van der Waals surface area (Å²) in [5, 5.41) is 18.9. The van der Waals surface area contributed by atoms with Crippen molar-refractivity contribution in [1.29, 1.82) is 0 Å². The molecule has 180 valence electrons. The number of hydrogen-bond donors (Lipinski definition) is 3. The van der Waals surface area contributed by atoms with E-state index in [1.54, 1.807) is 13.0 Å². The van der Waals surface area contributed by atoms with Crippen LogP contribution in [0.2, 0.25) is 0 Å². The number of fused-ring (bicyclic) bond motifs is 5. The van der Waals surface area contributed by atoms with E-state index < -0.39 is 12.1 Å². The second kappa shape index (κ2) is 9.49. The Morgan fingerprint density at radius 3 is 2.82 bits per heavy atom. The maximum atomic E-state index is 12.9. The first kappa shape index (κ1) is 23.8. The van der Waals surface area contributed by atoms with E-state index in [2.05, 4.69) is 28.9 Å². The van der Waals surface area contributed by atoms with Gasteiger partial charge in [0.1, 0.15) is 11.8 Å². The van der Waals surface area contributed by atoms with Crippen LogP contribution in [0.5, 0.6) is 5.75 Å². The van der Waals surface area contributed by atoms with Crippen LogP contribution in [0.1, 0.15) is 63.0 Å². The minimum Gasteiger partial charge on any atom is -0.508 e. The van der Waals surface area contributed by atoms with Gasteiger partial charge in [-0.1, -0.05) is 13.0 Å². The van der Waals surface area contributed by atoms with E-state index in [-0.39, 0.29) is 29.8 Å². The molecule has 3 amide bonds. The Balaban J connectivity index is 1.41. The third kappa shape index (κ3) is 4.42. The van der Waals surface area contributed by atoms with Crippen LogP contribution in [-0.2, 0) is 11.2 Å². The predicted octanol–water partition coefficient (Wildman–Crippen LogP) is 4.05. The summed E-state index contributed by atoms with van der Waals surface area (Å²) in [5.41, 5.74) is 2.68. The topological polar surface area (TPSA) is 111 Å². The average molecular weight is 477 g/mol. The first-order valence-corrected chi connectivity index (χ1v) is 12.4. The number of phenols is 1. The van der Waals surface area contributed by atoms with Crippen LogP contribution in [0.25, 0.3) is 0 Å². The molecule has 1 aromatic carbocycles. The van der Waals surface area contributed by atoms with Crippen LogP contribution in [-0.4, -0.2) is 46.6 Å². The number of urea groups is 1. The first-order chi connectivity index (χ1) is 15.8. The normalized spacial score (nSPS) is 30.9. The van der Waals surface area contributed by atoms with Gasteiger partial charge in [-0.3, -0.25) is 4.79 Å². The lowest BCUT2D eigenvalue weighted by Gasteiger charge is -2.51. The van der Waals surface area contributed by atoms with Gasteiger partial charge in [0.25, 0.3) is 0 Å². The zero-order valence-corrected chi connectivity index (χ0v) is 20.0. The molecule has 0 heterocycles. The molecule has 2 fully saturated rings. The number of nitrogens with zero attached hydrogens (tertiary/aromatic N) is 2. The number of hydrogen-bond acceptors (Lipinski definition) is 5. The summed E-state index contributed by atoms with van der Waals surface area (Å²) >= 11 is 5.58. The Kier molecular flexibility index (Phi) is 6.84. The summed E-state index contributed by atoms with van der Waals surface area (Å²) in [4.78, 5) is 35.9. The average Bonchev–Trinajstić information content (AvgIpc) is 3.12. The van der Waals surface area contributed by atoms with Gasteiger partial charge in [-0.2, -0.15) is 5.01 Å². The second-order valence-electron chi connectivity index (χ2n) is 10.0. The van der Waals surface area contributed by atoms with Crippen molar-refractivity contribution in [3.63, 3.8) is 0 Å². The molecule has 4 rings (SSSR count). The molecule has 0 radical (unpaired) electrons. The van der Waals surface area contributed by atoms with Gasteiger partial charge in [0.15, 0.2) is 0 Å². The Morgan fingerprint density at radius 1 is 1.30 bits per heavy atom. The van der Waals surface area contributed by atoms with Crippen molar-refractivity contribution in [3.05, 3.63) is 34.2 Å². The molecule has 3 aliphatic carbocycles. The lowest BCUT2D eigenvalue weighted by molar-refractivity contribution is -0.124. The van der Waals surface area contributed by atoms with E-state index in [9.17, 15) is 19.6 Å². The Bertz CT molecular complexity index is 928. The van der Waals surface area contributed by atoms with Crippen LogP contribution in [0, 0.1) is 22.2 Å². The van der Waals surface area contributed by atoms with E-state index in [1.165, 1.54) is 11.1 Å². The quantitative estimate of drug-likeness (QED) is 0.326. The molecule has 6 atom stereocenters. The number of alkyl halides is 1. The maximum absolute atomic E-state index is 12.9. The number of amides is 3. The largest absolute Gasteiger partial charge is 0.508 e. The highest BCUT2D eigenvalue weighted by atomic mass is 35.5. The summed E-state index contributed by atoms with van der Waals surface area (Å²) in [6.45, 7) is 3.90. The molecule has 1 aromatic rings. The van der Waals surface area contributed by atoms with Crippen molar-refractivity contribution in [2.45, 2.75) is 70.4 Å². The molecule has 0 saturated heterocycles. The van der Waals surface area contributed by atoms with Crippen molar-refractivity contribution in [2.24, 2.45) is 22.5 Å². The van der Waals surface area contributed by atoms with Crippen molar-refractivity contribution < 1.29 is 14.7 Å². The molecule has 0 spiro atoms. The Labute approximate surface area is 199 Å². The molecular weight excluding hydrogens is 444 g/mol. The molecule has 33 heavy (non-hydrogen) atoms. The van der Waals surface area contributed by atoms with Gasteiger partial charge in [-0.25, -0.2) is 4.79 Å². The number of aromatic hydroxyl groups is 1. The summed E-state index contributed by atoms with van der Waals surface area (Å²) in [6, 6.07) is 4.36. The molecule has 9 heteroatoms. The molecule has 0 aliphatic heterocycles. The van der Waals surface area contributed by atoms with Gasteiger partial charge in [0, 0.05) is 11.9 Å². The highest BCUT2D eigenvalue weighted by Crippen LogP contribution is 2.60. The van der Waals surface area contributed by atoms with Crippen LogP contribution in [0.4, 0.5) is 4.79 Å². The Morgan fingerprint density at radius 2 is 2.09 bits per heavy atom. The van der Waals surface area contributed by atoms with Crippen molar-refractivity contribution in [2.75, 3.05) is 12.4 Å². The molecule has 0 aromatic heterocycles. The summed E-state index contributed by atoms with van der Waals surface area (Å²) in [6.07, 6.45) is 6.21. The molecular formula is C24H33ClN4O4. The molecule has 1 unspecified atom stereocenters. The highest BCUT2D eigenvalue weighted by molar-refractivity contribution is 6.18. The molecule has 0 bridgehead atoms. The van der Waals surface area contributed by atoms with E-state index >= 15 is 0 Å². The highest BCUT2D eigenvalue weighted by Gasteiger charge is 2.55. The zero-order valence-electron chi connectivity index (χ0n) is 19.2. The van der Waals surface area contributed by atoms with Gasteiger partial charge in [0.05, 0.1) is 11.8 Å². The standard InChI is InChI=1S/C24H33ClN4O4/c1-14(26-23(32)29(28-33)12-11-25)22(31)27-21-8-7-20-19-5-3-15-13-16(30)4-6-17(15)18(19)9-10-24(20,21)2/h4,6,13-14,18-21,30H,3,5,7-12H2,1-2H3,(H,26,32)(H,27,31)/t14?,18-,19-,20+,21+,24+/m1/s1. The van der Waals surface area contributed by atoms with Gasteiger partial charge in [0.2, 0.25) is 5.91 Å². The SMILES string of the molecule is CC(NC(=O)N(CCCl)N=O)C(=O)N[C@H]1CC[C@H]2[C@@H]3CCc4cc(O)ccc4[C@H]3CC[C@]12C. The van der Waals surface area contributed by atoms with E-state index in [4.69, 9.17) is 11.6 Å². The van der Waals surface area contributed by atoms with Crippen LogP contribution < -0.4 is 10.6 Å². The van der Waals surface area contributed by atoms with Crippen LogP contribution in [0.3, 0.4) is 0 Å². The number of rotatable bonds is 6. The maximum Gasteiger partial charge on any atom is 0.341 e. The number of aryl methyl sites for hydroxylation is 1. The fourth-order valence-corrected chi connectivity index (χ4v) is 6.85. The fraction of sp³-hybridized carbons (Fsp3) is 0.667. The Hall–Kier alpha value is -2.35. The van der Waals surface area contributed by atoms with E-state index in [1.807, 2.05) is 6.07 Å². The molecule has 3 N–H and O–H groups in total. The zero-order chi connectivity index (χ0) is 23.8. The molecule has 8 nitrogen and oxygen atoms in total. The van der Waals surface area contributed by atoms with Gasteiger partial charge >= 0.3 is 6.03 Å². The minimum atomic E-state index is -0.787. The first-order valence-electron chi connectivity index (χ1n) is 11.9. The second-order valence-corrected chi connectivity index (χ2v) is 10.4. The van der Waals surface area contributed by atoms with E-state index in [0.29, 0.717) is 28.5 Å². The number of phenolic OH excluding ortho intramolecular Hbond substituents is 1. The summed E-state index contributed by atoms with van der Waals surface area (Å²) in [5.74, 6) is 1.80. The van der Waals surface area contributed by atoms with Crippen molar-refractivity contribution >= 4 is 23.5 Å². The summed E-state index contributed by atoms with van der Waals surface area (Å²) in [7, 11) is 0. The lowest BCUT2D eigenvalue weighted by atomic mass is 9.55. The smallest absolute Gasteiger partial charge is 0.341 e. The van der Waals surface area contributed by atoms with Crippen LogP contribution >= 0.6 is 11.6 Å². The third-order valence-electron chi connectivity index (χ3n) is 8.39. The van der Waals surface area contributed by atoms with Crippen molar-refractivity contribution in [3.8, 4) is 5.75 Å². The van der Waals surface area contributed by atoms with Crippen LogP contribution in [0.15, 0.2) is 23.5 Å². The van der Waals surface area contributed by atoms with Crippen molar-refractivity contribution in [1.82, 2.24) is 15.6 Å². The third-order valence-corrected chi connectivity index (χ3v) is 8.56. The number of carbonyl (C=O) groups excluding carboxylic acids is 2. The monoisotopic (exact) mass is 476 g/mol. The fourth-order valence-electron chi connectivity index (χ4n) is 6.69. The number of carbonyl (C=O) groups is 2. The number of nitrogens with one attached hydrogen (secondary N) is 2. The van der Waals surface area contributed by atoms with E-state index in [0.717, 1.165) is 38.5 Å². The number of halogens is 1. The molecule has 3 aliphatic rings. The number of nitroso groups, excluding NO2 is 1. The minimum absolute atomic E-state index is 0.0150. The summed E-state index contributed by atoms with van der Waals surface area (Å²) < 4.78 is 0. The van der Waals surface area contributed by atoms with Gasteiger partial charge < -0.3 is 15.7 Å². The van der Waals surface area contributed by atoms with Gasteiger partial charge in [-0.15, -0.1) is 16.5 Å². The van der Waals surface area contributed by atoms with Gasteiger partial charge in [-0.05, 0) is 91.9 Å².